The molecular weight excluding hydrogens is 354 g/mol. The van der Waals surface area contributed by atoms with Crippen molar-refractivity contribution in [3.05, 3.63) is 46.1 Å². The smallest absolute Gasteiger partial charge is 0.414 e. The summed E-state index contributed by atoms with van der Waals surface area (Å²) in [5.41, 5.74) is 0.982. The van der Waals surface area contributed by atoms with Gasteiger partial charge in [-0.1, -0.05) is 12.1 Å². The number of carbonyl (C=O) groups excluding carboxylic acids is 1. The molecule has 0 saturated carbocycles. The van der Waals surface area contributed by atoms with Crippen molar-refractivity contribution in [3.63, 3.8) is 0 Å². The lowest BCUT2D eigenvalue weighted by molar-refractivity contribution is -0.389. The van der Waals surface area contributed by atoms with Gasteiger partial charge in [-0.05, 0) is 22.6 Å². The van der Waals surface area contributed by atoms with Crippen LogP contribution in [0.15, 0.2) is 30.5 Å². The summed E-state index contributed by atoms with van der Waals surface area (Å²) < 4.78 is 12.2. The summed E-state index contributed by atoms with van der Waals surface area (Å²) in [7, 11) is 1.61. The molecule has 1 aliphatic heterocycles. The maximum absolute atomic E-state index is 12.2. The van der Waals surface area contributed by atoms with Crippen LogP contribution in [0.1, 0.15) is 5.56 Å². The van der Waals surface area contributed by atoms with Crippen molar-refractivity contribution >= 4 is 11.7 Å². The molecule has 0 bridgehead atoms. The lowest BCUT2D eigenvalue weighted by Gasteiger charge is -2.23. The number of aromatic nitrogens is 2. The summed E-state index contributed by atoms with van der Waals surface area (Å²) in [6.07, 6.45) is 1.35. The van der Waals surface area contributed by atoms with Crippen LogP contribution in [0.4, 0.5) is 5.82 Å². The first-order valence-corrected chi connectivity index (χ1v) is 8.51. The molecule has 1 aromatic heterocycles. The molecule has 0 atom stereocenters. The third kappa shape index (κ3) is 4.94. The fourth-order valence-corrected chi connectivity index (χ4v) is 2.74. The number of ether oxygens (including phenoxy) is 2. The van der Waals surface area contributed by atoms with E-state index in [4.69, 9.17) is 9.47 Å². The van der Waals surface area contributed by atoms with E-state index in [1.807, 2.05) is 29.2 Å². The number of carbonyl (C=O) groups is 1. The largest absolute Gasteiger partial charge is 0.497 e. The fourth-order valence-electron chi connectivity index (χ4n) is 2.74. The Balaban J connectivity index is 1.49. The monoisotopic (exact) mass is 375 g/mol. The van der Waals surface area contributed by atoms with E-state index in [9.17, 15) is 14.9 Å². The van der Waals surface area contributed by atoms with Crippen LogP contribution in [0.5, 0.6) is 11.8 Å². The van der Waals surface area contributed by atoms with Crippen LogP contribution in [-0.2, 0) is 17.9 Å². The summed E-state index contributed by atoms with van der Waals surface area (Å²) in [6.45, 7) is 2.54. The Kier molecular flexibility index (Phi) is 5.87. The summed E-state index contributed by atoms with van der Waals surface area (Å²) in [5.74, 6) is 0.434. The van der Waals surface area contributed by atoms with Gasteiger partial charge in [-0.25, -0.2) is 0 Å². The predicted molar refractivity (Wildman–Crippen MR) is 95.7 cm³/mol. The second-order valence-corrected chi connectivity index (χ2v) is 6.08. The third-order valence-corrected chi connectivity index (χ3v) is 4.23. The fraction of sp³-hybridized carbons (Fsp3) is 0.412. The van der Waals surface area contributed by atoms with Gasteiger partial charge in [0.05, 0.1) is 13.7 Å². The van der Waals surface area contributed by atoms with Crippen LogP contribution in [-0.4, -0.2) is 58.6 Å². The van der Waals surface area contributed by atoms with Crippen LogP contribution in [0.3, 0.4) is 0 Å². The lowest BCUT2D eigenvalue weighted by Crippen LogP contribution is -2.41. The van der Waals surface area contributed by atoms with Crippen molar-refractivity contribution in [1.82, 2.24) is 19.8 Å². The van der Waals surface area contributed by atoms with Gasteiger partial charge in [0.15, 0.2) is 0 Å². The van der Waals surface area contributed by atoms with E-state index in [0.29, 0.717) is 32.8 Å². The molecule has 0 unspecified atom stereocenters. The zero-order valence-electron chi connectivity index (χ0n) is 15.0. The molecule has 1 N–H and O–H groups in total. The van der Waals surface area contributed by atoms with Crippen LogP contribution in [0.25, 0.3) is 0 Å². The maximum Gasteiger partial charge on any atom is 0.414 e. The van der Waals surface area contributed by atoms with Gasteiger partial charge in [0, 0.05) is 31.2 Å². The van der Waals surface area contributed by atoms with Gasteiger partial charge in [0.1, 0.15) is 18.6 Å². The number of methoxy groups -OCH3 is 1. The SMILES string of the molecule is COc1ccc(CNC(=O)CN2CCOc3nc([N+](=O)[O-])cn3CC2)cc1. The molecule has 10 heteroatoms. The van der Waals surface area contributed by atoms with Crippen LogP contribution in [0.2, 0.25) is 0 Å². The van der Waals surface area contributed by atoms with Crippen LogP contribution >= 0.6 is 0 Å². The minimum absolute atomic E-state index is 0.0942. The van der Waals surface area contributed by atoms with E-state index in [-0.39, 0.29) is 24.3 Å². The van der Waals surface area contributed by atoms with Crippen LogP contribution in [0, 0.1) is 10.1 Å². The number of nitro groups is 1. The topological polar surface area (TPSA) is 112 Å². The number of nitrogens with zero attached hydrogens (tertiary/aromatic N) is 4. The number of nitrogens with one attached hydrogen (secondary N) is 1. The first-order chi connectivity index (χ1) is 13.0. The first-order valence-electron chi connectivity index (χ1n) is 8.51. The van der Waals surface area contributed by atoms with Gasteiger partial charge in [-0.3, -0.25) is 14.3 Å². The number of amides is 1. The molecule has 10 nitrogen and oxygen atoms in total. The number of imidazole rings is 1. The maximum atomic E-state index is 12.2. The molecule has 3 rings (SSSR count). The van der Waals surface area contributed by atoms with Gasteiger partial charge >= 0.3 is 11.8 Å². The minimum atomic E-state index is -0.550. The van der Waals surface area contributed by atoms with Crippen molar-refractivity contribution in [3.8, 4) is 11.8 Å². The molecule has 1 aliphatic rings. The van der Waals surface area contributed by atoms with Gasteiger partial charge in [-0.2, -0.15) is 0 Å². The summed E-state index contributed by atoms with van der Waals surface area (Å²) in [5, 5.41) is 13.7. The average molecular weight is 375 g/mol. The van der Waals surface area contributed by atoms with E-state index in [1.54, 1.807) is 11.7 Å². The summed E-state index contributed by atoms with van der Waals surface area (Å²) >= 11 is 0. The Morgan fingerprint density at radius 2 is 2.11 bits per heavy atom. The number of hydrogen-bond acceptors (Lipinski definition) is 7. The van der Waals surface area contributed by atoms with E-state index >= 15 is 0 Å². The molecule has 2 heterocycles. The zero-order chi connectivity index (χ0) is 19.2. The van der Waals surface area contributed by atoms with Crippen molar-refractivity contribution in [2.45, 2.75) is 13.1 Å². The number of benzene rings is 1. The third-order valence-electron chi connectivity index (χ3n) is 4.23. The molecular formula is C17H21N5O5. The molecule has 144 valence electrons. The van der Waals surface area contributed by atoms with Gasteiger partial charge in [-0.15, -0.1) is 0 Å². The Labute approximate surface area is 155 Å². The molecule has 1 amide bonds. The Bertz CT molecular complexity index is 805. The van der Waals surface area contributed by atoms with E-state index in [2.05, 4.69) is 10.3 Å². The number of rotatable bonds is 6. The first kappa shape index (κ1) is 18.6. The van der Waals surface area contributed by atoms with Crippen molar-refractivity contribution in [2.75, 3.05) is 33.4 Å². The standard InChI is InChI=1S/C17H21N5O5/c1-26-14-4-2-13(3-5-14)10-18-16(23)12-20-6-7-21-11-15(22(24)25)19-17(21)27-9-8-20/h2-5,11H,6-10,12H2,1H3,(H,18,23). The molecule has 27 heavy (non-hydrogen) atoms. The second-order valence-electron chi connectivity index (χ2n) is 6.08. The van der Waals surface area contributed by atoms with Gasteiger partial charge < -0.3 is 24.9 Å². The summed E-state index contributed by atoms with van der Waals surface area (Å²) in [4.78, 5) is 28.3. The van der Waals surface area contributed by atoms with Crippen molar-refractivity contribution < 1.29 is 19.2 Å². The highest BCUT2D eigenvalue weighted by atomic mass is 16.6. The minimum Gasteiger partial charge on any atom is -0.497 e. The highest BCUT2D eigenvalue weighted by Crippen LogP contribution is 2.18. The highest BCUT2D eigenvalue weighted by molar-refractivity contribution is 5.78. The molecule has 0 saturated heterocycles. The highest BCUT2D eigenvalue weighted by Gasteiger charge is 2.23. The van der Waals surface area contributed by atoms with E-state index in [0.717, 1.165) is 11.3 Å². The molecule has 0 radical (unpaired) electrons. The number of hydrogen-bond donors (Lipinski definition) is 1. The van der Waals surface area contributed by atoms with Crippen molar-refractivity contribution in [2.24, 2.45) is 0 Å². The number of fused-ring (bicyclic) bond motifs is 1. The van der Waals surface area contributed by atoms with Crippen LogP contribution < -0.4 is 14.8 Å². The second kappa shape index (κ2) is 8.49. The quantitative estimate of drug-likeness (QED) is 0.587. The zero-order valence-corrected chi connectivity index (χ0v) is 15.0. The lowest BCUT2D eigenvalue weighted by atomic mass is 10.2. The normalized spacial score (nSPS) is 14.4. The molecule has 2 aromatic rings. The van der Waals surface area contributed by atoms with E-state index < -0.39 is 4.92 Å². The van der Waals surface area contributed by atoms with E-state index in [1.165, 1.54) is 6.20 Å². The van der Waals surface area contributed by atoms with Crippen molar-refractivity contribution in [1.29, 1.82) is 0 Å². The predicted octanol–water partition coefficient (Wildman–Crippen LogP) is 0.811. The molecule has 1 aromatic carbocycles. The molecule has 0 fully saturated rings. The summed E-state index contributed by atoms with van der Waals surface area (Å²) in [6, 6.07) is 7.73. The Morgan fingerprint density at radius 1 is 1.33 bits per heavy atom. The average Bonchev–Trinajstić information content (AvgIpc) is 3.05. The Morgan fingerprint density at radius 3 is 2.81 bits per heavy atom. The molecule has 0 spiro atoms. The molecule has 0 aliphatic carbocycles. The van der Waals surface area contributed by atoms with Gasteiger partial charge in [0.25, 0.3) is 0 Å². The van der Waals surface area contributed by atoms with Gasteiger partial charge in [0.2, 0.25) is 5.91 Å². The Hall–Kier alpha value is -3.14.